The standard InChI is InChI=1S/C12H16N2/c1-3-5-11-9(6-10-8-13-10)7-14-12(11)4-2/h3-5,7,10,13-14H,2,6,8H2,1H3/b5-3-. The Hall–Kier alpha value is -1.28. The van der Waals surface area contributed by atoms with E-state index in [-0.39, 0.29) is 0 Å². The topological polar surface area (TPSA) is 37.7 Å². The molecule has 0 aromatic carbocycles. The van der Waals surface area contributed by atoms with Crippen molar-refractivity contribution in [2.45, 2.75) is 19.4 Å². The number of nitrogens with one attached hydrogen (secondary N) is 2. The molecule has 1 aliphatic rings. The monoisotopic (exact) mass is 188 g/mol. The highest BCUT2D eigenvalue weighted by Crippen LogP contribution is 2.20. The first kappa shape index (κ1) is 9.28. The van der Waals surface area contributed by atoms with Crippen LogP contribution in [0.2, 0.25) is 0 Å². The Morgan fingerprint density at radius 1 is 1.64 bits per heavy atom. The van der Waals surface area contributed by atoms with Gasteiger partial charge in [0.2, 0.25) is 0 Å². The molecule has 2 heteroatoms. The lowest BCUT2D eigenvalue weighted by Gasteiger charge is -1.98. The molecule has 1 saturated heterocycles. The van der Waals surface area contributed by atoms with E-state index < -0.39 is 0 Å². The van der Waals surface area contributed by atoms with Crippen molar-refractivity contribution in [3.05, 3.63) is 35.7 Å². The Bertz CT molecular complexity index is 356. The van der Waals surface area contributed by atoms with Crippen LogP contribution in [-0.2, 0) is 6.42 Å². The van der Waals surface area contributed by atoms with E-state index in [1.807, 2.05) is 13.0 Å². The molecule has 2 N–H and O–H groups in total. The van der Waals surface area contributed by atoms with E-state index in [1.165, 1.54) is 11.1 Å². The molecular weight excluding hydrogens is 172 g/mol. The molecule has 1 aromatic heterocycles. The zero-order valence-electron chi connectivity index (χ0n) is 8.51. The molecule has 14 heavy (non-hydrogen) atoms. The molecule has 1 fully saturated rings. The summed E-state index contributed by atoms with van der Waals surface area (Å²) in [5.41, 5.74) is 3.79. The molecule has 2 heterocycles. The number of allylic oxidation sites excluding steroid dienone is 1. The molecule has 2 nitrogen and oxygen atoms in total. The van der Waals surface area contributed by atoms with Crippen molar-refractivity contribution in [3.8, 4) is 0 Å². The summed E-state index contributed by atoms with van der Waals surface area (Å²) in [6.45, 7) is 7.00. The largest absolute Gasteiger partial charge is 0.361 e. The van der Waals surface area contributed by atoms with Gasteiger partial charge in [0.25, 0.3) is 0 Å². The highest BCUT2D eigenvalue weighted by atomic mass is 15.1. The van der Waals surface area contributed by atoms with Gasteiger partial charge in [-0.25, -0.2) is 0 Å². The van der Waals surface area contributed by atoms with Gasteiger partial charge in [-0.3, -0.25) is 0 Å². The Balaban J connectivity index is 2.27. The molecule has 74 valence electrons. The minimum atomic E-state index is 0.687. The van der Waals surface area contributed by atoms with Gasteiger partial charge in [-0.15, -0.1) is 0 Å². The number of aromatic nitrogens is 1. The van der Waals surface area contributed by atoms with Crippen molar-refractivity contribution < 1.29 is 0 Å². The number of H-pyrrole nitrogens is 1. The molecule has 0 bridgehead atoms. The van der Waals surface area contributed by atoms with E-state index in [0.29, 0.717) is 6.04 Å². The van der Waals surface area contributed by atoms with Gasteiger partial charge in [0.15, 0.2) is 0 Å². The van der Waals surface area contributed by atoms with Crippen LogP contribution in [0.15, 0.2) is 18.9 Å². The van der Waals surface area contributed by atoms with Crippen molar-refractivity contribution in [3.63, 3.8) is 0 Å². The van der Waals surface area contributed by atoms with E-state index in [1.54, 1.807) is 0 Å². The van der Waals surface area contributed by atoms with Crippen LogP contribution < -0.4 is 5.32 Å². The van der Waals surface area contributed by atoms with Crippen molar-refractivity contribution in [1.82, 2.24) is 10.3 Å². The summed E-state index contributed by atoms with van der Waals surface area (Å²) in [6, 6.07) is 0.687. The second kappa shape index (κ2) is 3.84. The lowest BCUT2D eigenvalue weighted by atomic mass is 10.1. The molecule has 2 rings (SSSR count). The van der Waals surface area contributed by atoms with E-state index in [0.717, 1.165) is 18.7 Å². The average molecular weight is 188 g/mol. The minimum Gasteiger partial charge on any atom is -0.361 e. The third-order valence-electron chi connectivity index (χ3n) is 2.53. The van der Waals surface area contributed by atoms with Gasteiger partial charge in [-0.05, 0) is 25.0 Å². The number of aromatic amines is 1. The molecule has 1 aliphatic heterocycles. The molecular formula is C12H16N2. The number of hydrogen-bond acceptors (Lipinski definition) is 1. The summed E-state index contributed by atoms with van der Waals surface area (Å²) in [5, 5.41) is 3.32. The van der Waals surface area contributed by atoms with Crippen LogP contribution in [0.3, 0.4) is 0 Å². The van der Waals surface area contributed by atoms with Crippen molar-refractivity contribution >= 4 is 12.2 Å². The van der Waals surface area contributed by atoms with Crippen LogP contribution >= 0.6 is 0 Å². The maximum atomic E-state index is 3.80. The maximum absolute atomic E-state index is 3.80. The van der Waals surface area contributed by atoms with Gasteiger partial charge in [0.05, 0.1) is 0 Å². The summed E-state index contributed by atoms with van der Waals surface area (Å²) in [5.74, 6) is 0. The fourth-order valence-electron chi connectivity index (χ4n) is 1.69. The van der Waals surface area contributed by atoms with E-state index in [9.17, 15) is 0 Å². The summed E-state index contributed by atoms with van der Waals surface area (Å²) in [7, 11) is 0. The fourth-order valence-corrected chi connectivity index (χ4v) is 1.69. The second-order valence-electron chi connectivity index (χ2n) is 3.65. The zero-order chi connectivity index (χ0) is 9.97. The van der Waals surface area contributed by atoms with Crippen molar-refractivity contribution in [2.24, 2.45) is 0 Å². The number of rotatable bonds is 4. The van der Waals surface area contributed by atoms with Gasteiger partial charge in [0, 0.05) is 30.0 Å². The second-order valence-corrected chi connectivity index (χ2v) is 3.65. The van der Waals surface area contributed by atoms with E-state index in [2.05, 4.69) is 35.2 Å². The molecule has 0 amide bonds. The predicted molar refractivity (Wildman–Crippen MR) is 61.1 cm³/mol. The first-order chi connectivity index (χ1) is 6.85. The van der Waals surface area contributed by atoms with Crippen LogP contribution in [0.5, 0.6) is 0 Å². The van der Waals surface area contributed by atoms with Crippen LogP contribution in [0, 0.1) is 0 Å². The fraction of sp³-hybridized carbons (Fsp3) is 0.333. The van der Waals surface area contributed by atoms with Gasteiger partial charge in [-0.2, -0.15) is 0 Å². The van der Waals surface area contributed by atoms with Gasteiger partial charge >= 0.3 is 0 Å². The SMILES string of the molecule is C=Cc1[nH]cc(CC2CN2)c1/C=C\C. The minimum absolute atomic E-state index is 0.687. The molecule has 1 unspecified atom stereocenters. The first-order valence-electron chi connectivity index (χ1n) is 5.04. The molecule has 1 atom stereocenters. The normalized spacial score (nSPS) is 20.2. The van der Waals surface area contributed by atoms with Gasteiger partial charge in [-0.1, -0.05) is 18.7 Å². The molecule has 0 radical (unpaired) electrons. The molecule has 0 aliphatic carbocycles. The van der Waals surface area contributed by atoms with Gasteiger partial charge in [0.1, 0.15) is 0 Å². The Morgan fingerprint density at radius 2 is 2.43 bits per heavy atom. The third kappa shape index (κ3) is 1.80. The summed E-state index contributed by atoms with van der Waals surface area (Å²) in [6.07, 6.45) is 9.29. The van der Waals surface area contributed by atoms with Crippen LogP contribution in [0.1, 0.15) is 23.7 Å². The summed E-state index contributed by atoms with van der Waals surface area (Å²) < 4.78 is 0. The Morgan fingerprint density at radius 3 is 3.00 bits per heavy atom. The molecule has 1 aromatic rings. The first-order valence-corrected chi connectivity index (χ1v) is 5.04. The molecule has 0 saturated carbocycles. The highest BCUT2D eigenvalue weighted by Gasteiger charge is 2.22. The van der Waals surface area contributed by atoms with Crippen LogP contribution in [-0.4, -0.2) is 17.6 Å². The highest BCUT2D eigenvalue weighted by molar-refractivity contribution is 5.65. The Labute approximate surface area is 84.7 Å². The smallest absolute Gasteiger partial charge is 0.0450 e. The van der Waals surface area contributed by atoms with Gasteiger partial charge < -0.3 is 10.3 Å². The lowest BCUT2D eigenvalue weighted by molar-refractivity contribution is 0.930. The van der Waals surface area contributed by atoms with E-state index in [4.69, 9.17) is 0 Å². The van der Waals surface area contributed by atoms with Crippen molar-refractivity contribution in [2.75, 3.05) is 6.54 Å². The van der Waals surface area contributed by atoms with Crippen LogP contribution in [0.25, 0.3) is 12.2 Å². The maximum Gasteiger partial charge on any atom is 0.0450 e. The van der Waals surface area contributed by atoms with Crippen molar-refractivity contribution in [1.29, 1.82) is 0 Å². The Kier molecular flexibility index (Phi) is 2.55. The lowest BCUT2D eigenvalue weighted by Crippen LogP contribution is -1.96. The predicted octanol–water partition coefficient (Wildman–Crippen LogP) is 2.21. The number of hydrogen-bond donors (Lipinski definition) is 2. The third-order valence-corrected chi connectivity index (χ3v) is 2.53. The van der Waals surface area contributed by atoms with Crippen LogP contribution in [0.4, 0.5) is 0 Å². The summed E-state index contributed by atoms with van der Waals surface area (Å²) >= 11 is 0. The quantitative estimate of drug-likeness (QED) is 0.698. The van der Waals surface area contributed by atoms with E-state index >= 15 is 0 Å². The average Bonchev–Trinajstić information content (AvgIpc) is 2.91. The zero-order valence-corrected chi connectivity index (χ0v) is 8.51. The molecule has 0 spiro atoms. The summed E-state index contributed by atoms with van der Waals surface area (Å²) in [4.78, 5) is 3.24.